The van der Waals surface area contributed by atoms with Crippen LogP contribution in [0.5, 0.6) is 0 Å². The summed E-state index contributed by atoms with van der Waals surface area (Å²) in [4.78, 5) is 37.3. The lowest BCUT2D eigenvalue weighted by atomic mass is 10.0. The number of esters is 2. The van der Waals surface area contributed by atoms with Crippen LogP contribution < -0.4 is 0 Å². The zero-order valence-electron chi connectivity index (χ0n) is 46.1. The maximum Gasteiger partial charge on any atom is 0.361 e. The number of ether oxygens (including phenoxy) is 4. The smallest absolute Gasteiger partial charge is 0.361 e. The van der Waals surface area contributed by atoms with E-state index in [-0.39, 0.29) is 38.6 Å². The number of allylic oxidation sites excluding steroid dienone is 16. The Morgan fingerprint density at radius 2 is 0.761 bits per heavy atom. The zero-order valence-corrected chi connectivity index (χ0v) is 46.1. The van der Waals surface area contributed by atoms with Gasteiger partial charge < -0.3 is 28.5 Å². The first-order valence-corrected chi connectivity index (χ1v) is 28.4. The number of carbonyl (C=O) groups is 3. The van der Waals surface area contributed by atoms with Crippen LogP contribution in [0.3, 0.4) is 0 Å². The lowest BCUT2D eigenvalue weighted by Gasteiger charge is -2.25. The molecule has 1 N–H and O–H groups in total. The highest BCUT2D eigenvalue weighted by molar-refractivity contribution is 5.71. The number of hydrogen-bond acceptors (Lipinski definition) is 7. The summed E-state index contributed by atoms with van der Waals surface area (Å²) in [7, 11) is 5.95. The molecule has 406 valence electrons. The number of quaternary nitrogens is 1. The Morgan fingerprint density at radius 1 is 0.423 bits per heavy atom. The molecule has 9 nitrogen and oxygen atoms in total. The van der Waals surface area contributed by atoms with Crippen molar-refractivity contribution >= 4 is 17.9 Å². The third-order valence-electron chi connectivity index (χ3n) is 11.8. The molecule has 0 fully saturated rings. The molecule has 0 aliphatic carbocycles. The van der Waals surface area contributed by atoms with Crippen LogP contribution in [0, 0.1) is 0 Å². The van der Waals surface area contributed by atoms with Gasteiger partial charge in [0, 0.05) is 12.8 Å². The molecule has 0 rings (SSSR count). The predicted molar refractivity (Wildman–Crippen MR) is 299 cm³/mol. The van der Waals surface area contributed by atoms with E-state index in [1.165, 1.54) is 103 Å². The summed E-state index contributed by atoms with van der Waals surface area (Å²) in [6, 6.07) is 0. The Labute approximate surface area is 435 Å². The summed E-state index contributed by atoms with van der Waals surface area (Å²) in [5, 5.41) is 9.68. The van der Waals surface area contributed by atoms with Crippen LogP contribution in [0.15, 0.2) is 97.2 Å². The molecular formula is C62H106NO8+. The number of unbranched alkanes of at least 4 members (excludes halogenated alkanes) is 20. The Bertz CT molecular complexity index is 1480. The number of carbonyl (C=O) groups excluding carboxylic acids is 2. The van der Waals surface area contributed by atoms with Crippen molar-refractivity contribution in [2.75, 3.05) is 47.5 Å². The molecule has 0 aromatic heterocycles. The molecule has 0 amide bonds. The van der Waals surface area contributed by atoms with Crippen LogP contribution in [0.2, 0.25) is 0 Å². The fourth-order valence-electron chi connectivity index (χ4n) is 7.52. The molecule has 2 unspecified atom stereocenters. The van der Waals surface area contributed by atoms with E-state index in [4.69, 9.17) is 18.9 Å². The number of aliphatic carboxylic acids is 1. The Balaban J connectivity index is 4.18. The molecule has 9 heteroatoms. The number of nitrogens with zero attached hydrogens (tertiary/aromatic N) is 1. The summed E-state index contributed by atoms with van der Waals surface area (Å²) < 4.78 is 22.8. The highest BCUT2D eigenvalue weighted by atomic mass is 16.7. The van der Waals surface area contributed by atoms with Gasteiger partial charge in [-0.25, -0.2) is 4.79 Å². The first-order valence-electron chi connectivity index (χ1n) is 28.4. The third-order valence-corrected chi connectivity index (χ3v) is 11.8. The molecule has 71 heavy (non-hydrogen) atoms. The van der Waals surface area contributed by atoms with Gasteiger partial charge in [0.25, 0.3) is 6.29 Å². The summed E-state index contributed by atoms with van der Waals surface area (Å²) in [5.41, 5.74) is 0. The second kappa shape index (κ2) is 52.5. The van der Waals surface area contributed by atoms with Gasteiger partial charge in [0.1, 0.15) is 13.2 Å². The number of carboxylic acids is 1. The normalized spacial score (nSPS) is 13.5. The summed E-state index contributed by atoms with van der Waals surface area (Å²) >= 11 is 0. The van der Waals surface area contributed by atoms with Gasteiger partial charge in [-0.2, -0.15) is 0 Å². The lowest BCUT2D eigenvalue weighted by molar-refractivity contribution is -0.870. The second-order valence-corrected chi connectivity index (χ2v) is 19.8. The monoisotopic (exact) mass is 993 g/mol. The minimum absolute atomic E-state index is 0.178. The van der Waals surface area contributed by atoms with Crippen LogP contribution in [0.4, 0.5) is 0 Å². The largest absolute Gasteiger partial charge is 0.477 e. The minimum Gasteiger partial charge on any atom is -0.477 e. The average Bonchev–Trinajstić information content (AvgIpc) is 3.34. The topological polar surface area (TPSA) is 108 Å². The van der Waals surface area contributed by atoms with Gasteiger partial charge in [-0.15, -0.1) is 0 Å². The molecule has 0 saturated carbocycles. The van der Waals surface area contributed by atoms with Crippen molar-refractivity contribution in [2.45, 2.75) is 232 Å². The Hall–Kier alpha value is -3.79. The van der Waals surface area contributed by atoms with Gasteiger partial charge in [0.2, 0.25) is 0 Å². The van der Waals surface area contributed by atoms with Crippen molar-refractivity contribution in [3.63, 3.8) is 0 Å². The lowest BCUT2D eigenvalue weighted by Crippen LogP contribution is -2.40. The minimum atomic E-state index is -1.52. The van der Waals surface area contributed by atoms with E-state index in [0.717, 1.165) is 77.0 Å². The van der Waals surface area contributed by atoms with E-state index in [1.54, 1.807) is 0 Å². The molecule has 0 heterocycles. The van der Waals surface area contributed by atoms with Crippen LogP contribution in [0.25, 0.3) is 0 Å². The molecule has 0 aliphatic rings. The summed E-state index contributed by atoms with van der Waals surface area (Å²) in [6.07, 6.45) is 67.9. The first kappa shape index (κ1) is 67.2. The molecule has 0 aromatic carbocycles. The van der Waals surface area contributed by atoms with Crippen LogP contribution >= 0.6 is 0 Å². The fraction of sp³-hybridized carbons (Fsp3) is 0.694. The zero-order chi connectivity index (χ0) is 52.0. The van der Waals surface area contributed by atoms with Crippen LogP contribution in [-0.4, -0.2) is 87.4 Å². The van der Waals surface area contributed by atoms with E-state index in [1.807, 2.05) is 21.1 Å². The molecule has 0 aliphatic heterocycles. The molecular weight excluding hydrogens is 887 g/mol. The van der Waals surface area contributed by atoms with E-state index < -0.39 is 24.3 Å². The number of likely N-dealkylation sites (N-methyl/N-ethyl adjacent to an activating group) is 1. The number of carboxylic acid groups (broad SMARTS) is 1. The third kappa shape index (κ3) is 53.8. The fourth-order valence-corrected chi connectivity index (χ4v) is 7.52. The van der Waals surface area contributed by atoms with E-state index >= 15 is 0 Å². The van der Waals surface area contributed by atoms with Crippen molar-refractivity contribution in [2.24, 2.45) is 0 Å². The van der Waals surface area contributed by atoms with Gasteiger partial charge in [-0.3, -0.25) is 9.59 Å². The van der Waals surface area contributed by atoms with E-state index in [9.17, 15) is 19.5 Å². The Morgan fingerprint density at radius 3 is 1.15 bits per heavy atom. The molecule has 0 bridgehead atoms. The average molecular weight is 994 g/mol. The standard InChI is InChI=1S/C62H105NO8/c1-6-8-10-12-14-16-18-20-22-23-24-25-26-27-28-29-30-31-32-33-34-35-36-37-39-41-43-45-47-49-51-53-60(65)71-58(57-70-62(61(66)67)68-55-54-63(3,4)5)56-69-59(64)52-50-48-46-44-42-40-38-21-19-17-15-13-11-9-7-2/h8-11,14-17,20-22,24-25,38,42,44,58,62H,6-7,12-13,18-19,23,26-37,39-41,43,45-57H2,1-5H3/p+1/b10-8-,11-9-,16-14-,17-15-,22-20-,25-24-,38-21-,44-42-. The molecule has 2 atom stereocenters. The maximum atomic E-state index is 12.9. The Kier molecular flexibility index (Phi) is 49.7. The SMILES string of the molecule is CC/C=C\C/C=C\C/C=C\C/C=C\CCCCCCCCCCCCCCCCCCCCC(=O)OC(COC(=O)CCCC/C=C\C/C=C\C/C=C\C/C=C\CC)COC(OCC[N+](C)(C)C)C(=O)O. The van der Waals surface area contributed by atoms with Crippen LogP contribution in [-0.2, 0) is 33.3 Å². The van der Waals surface area contributed by atoms with Crippen molar-refractivity contribution < 1.29 is 42.9 Å². The second-order valence-electron chi connectivity index (χ2n) is 19.8. The number of hydrogen-bond donors (Lipinski definition) is 1. The van der Waals surface area contributed by atoms with Crippen molar-refractivity contribution in [1.82, 2.24) is 0 Å². The van der Waals surface area contributed by atoms with Gasteiger partial charge in [0.15, 0.2) is 6.10 Å². The van der Waals surface area contributed by atoms with E-state index in [0.29, 0.717) is 23.9 Å². The van der Waals surface area contributed by atoms with Crippen LogP contribution in [0.1, 0.15) is 219 Å². The van der Waals surface area contributed by atoms with Gasteiger partial charge in [-0.1, -0.05) is 214 Å². The molecule has 0 aromatic rings. The summed E-state index contributed by atoms with van der Waals surface area (Å²) in [6.45, 7) is 4.60. The van der Waals surface area contributed by atoms with Crippen molar-refractivity contribution in [3.05, 3.63) is 97.2 Å². The van der Waals surface area contributed by atoms with Gasteiger partial charge in [-0.05, 0) is 89.9 Å². The molecule has 0 spiro atoms. The molecule has 0 saturated heterocycles. The first-order chi connectivity index (χ1) is 34.6. The highest BCUT2D eigenvalue weighted by Crippen LogP contribution is 2.16. The predicted octanol–water partition coefficient (Wildman–Crippen LogP) is 16.6. The molecule has 0 radical (unpaired) electrons. The number of rotatable bonds is 51. The van der Waals surface area contributed by atoms with Gasteiger partial charge in [0.05, 0.1) is 34.4 Å². The maximum absolute atomic E-state index is 12.9. The van der Waals surface area contributed by atoms with Crippen molar-refractivity contribution in [3.8, 4) is 0 Å². The summed E-state index contributed by atoms with van der Waals surface area (Å²) in [5.74, 6) is -2.06. The quantitative estimate of drug-likeness (QED) is 0.0211. The van der Waals surface area contributed by atoms with E-state index in [2.05, 4.69) is 111 Å². The van der Waals surface area contributed by atoms with Gasteiger partial charge >= 0.3 is 17.9 Å². The van der Waals surface area contributed by atoms with Crippen molar-refractivity contribution in [1.29, 1.82) is 0 Å². The highest BCUT2D eigenvalue weighted by Gasteiger charge is 2.25.